The molecule has 0 unspecified atom stereocenters. The first-order chi connectivity index (χ1) is 8.70. The summed E-state index contributed by atoms with van der Waals surface area (Å²) in [7, 11) is 0. The lowest BCUT2D eigenvalue weighted by Gasteiger charge is -2.56. The van der Waals surface area contributed by atoms with E-state index in [-0.39, 0.29) is 5.54 Å². The van der Waals surface area contributed by atoms with Crippen LogP contribution in [0.15, 0.2) is 0 Å². The van der Waals surface area contributed by atoms with Gasteiger partial charge in [-0.3, -0.25) is 0 Å². The van der Waals surface area contributed by atoms with Crippen molar-refractivity contribution in [3.8, 4) is 0 Å². The predicted octanol–water partition coefficient (Wildman–Crippen LogP) is 2.75. The van der Waals surface area contributed by atoms with Gasteiger partial charge < -0.3 is 0 Å². The monoisotopic (exact) mass is 264 g/mol. The smallest absolute Gasteiger partial charge is 0.216 e. The zero-order valence-electron chi connectivity index (χ0n) is 10.9. The second kappa shape index (κ2) is 3.65. The number of hydrogen-bond donors (Lipinski definition) is 0. The van der Waals surface area contributed by atoms with Crippen LogP contribution in [0.25, 0.3) is 0 Å². The molecule has 1 aromatic rings. The molecule has 0 spiro atoms. The number of aromatic nitrogens is 4. The van der Waals surface area contributed by atoms with E-state index < -0.39 is 0 Å². The zero-order chi connectivity index (χ0) is 12.3. The van der Waals surface area contributed by atoms with E-state index >= 15 is 0 Å². The van der Waals surface area contributed by atoms with Gasteiger partial charge in [0.15, 0.2) is 0 Å². The van der Waals surface area contributed by atoms with Gasteiger partial charge in [-0.25, -0.2) is 9.36 Å². The Bertz CT molecular complexity index is 494. The second-order valence-electron chi connectivity index (χ2n) is 6.63. The number of rotatable bonds is 2. The number of aryl methyl sites for hydroxylation is 1. The largest absolute Gasteiger partial charge is 0.219 e. The van der Waals surface area contributed by atoms with Crippen molar-refractivity contribution in [1.82, 2.24) is 19.8 Å². The molecule has 5 heteroatoms. The summed E-state index contributed by atoms with van der Waals surface area (Å²) in [5.41, 5.74) is 0.221. The fourth-order valence-corrected chi connectivity index (χ4v) is 5.49. The van der Waals surface area contributed by atoms with E-state index in [1.54, 1.807) is 0 Å². The Morgan fingerprint density at radius 1 is 1.11 bits per heavy atom. The van der Waals surface area contributed by atoms with Crippen LogP contribution in [-0.2, 0) is 12.1 Å². The molecule has 98 valence electrons. The Morgan fingerprint density at radius 2 is 1.67 bits per heavy atom. The average molecular weight is 264 g/mol. The maximum atomic E-state index is 5.56. The van der Waals surface area contributed by atoms with Crippen LogP contribution in [-0.4, -0.2) is 19.8 Å². The topological polar surface area (TPSA) is 35.6 Å². The molecule has 0 atom stereocenters. The van der Waals surface area contributed by atoms with E-state index in [1.807, 2.05) is 4.68 Å². The van der Waals surface area contributed by atoms with Gasteiger partial charge in [-0.2, -0.15) is 0 Å². The minimum Gasteiger partial charge on any atom is -0.219 e. The highest BCUT2D eigenvalue weighted by Crippen LogP contribution is 2.58. The molecule has 0 amide bonds. The summed E-state index contributed by atoms with van der Waals surface area (Å²) in [5, 5.41) is 8.62. The fourth-order valence-electron chi connectivity index (χ4n) is 5.09. The van der Waals surface area contributed by atoms with E-state index in [9.17, 15) is 0 Å². The van der Waals surface area contributed by atoms with E-state index in [1.165, 1.54) is 38.5 Å². The number of hydrogen-bond acceptors (Lipinski definition) is 3. The van der Waals surface area contributed by atoms with Crippen molar-refractivity contribution >= 4 is 12.2 Å². The molecule has 4 fully saturated rings. The summed E-state index contributed by atoms with van der Waals surface area (Å²) in [5.74, 6) is 2.76. The van der Waals surface area contributed by atoms with Crippen molar-refractivity contribution in [1.29, 1.82) is 0 Å². The lowest BCUT2D eigenvalue weighted by molar-refractivity contribution is -0.0511. The Labute approximate surface area is 112 Å². The Balaban J connectivity index is 1.79. The van der Waals surface area contributed by atoms with Crippen LogP contribution in [0.2, 0.25) is 0 Å². The molecule has 4 nitrogen and oxygen atoms in total. The molecule has 0 radical (unpaired) electrons. The van der Waals surface area contributed by atoms with Crippen LogP contribution in [0.4, 0.5) is 0 Å². The molecule has 0 N–H and O–H groups in total. The standard InChI is InChI=1S/C13H20N4S/c1-2-16-12(18)17(15-14-16)13-6-9-3-10(7-13)5-11(4-9)8-13/h9-11H,2-8H2,1H3. The highest BCUT2D eigenvalue weighted by atomic mass is 32.1. The quantitative estimate of drug-likeness (QED) is 0.771. The molecule has 0 aliphatic heterocycles. The maximum absolute atomic E-state index is 5.56. The predicted molar refractivity (Wildman–Crippen MR) is 70.7 cm³/mol. The Hall–Kier alpha value is -0.710. The molecule has 4 aliphatic rings. The van der Waals surface area contributed by atoms with Gasteiger partial charge in [0.05, 0.1) is 5.54 Å². The highest BCUT2D eigenvalue weighted by molar-refractivity contribution is 7.71. The van der Waals surface area contributed by atoms with Crippen molar-refractivity contribution in [2.24, 2.45) is 17.8 Å². The van der Waals surface area contributed by atoms with Gasteiger partial charge in [0.2, 0.25) is 4.77 Å². The van der Waals surface area contributed by atoms with E-state index in [0.717, 1.165) is 29.1 Å². The molecule has 0 saturated heterocycles. The first-order valence-corrected chi connectivity index (χ1v) is 7.64. The zero-order valence-corrected chi connectivity index (χ0v) is 11.7. The second-order valence-corrected chi connectivity index (χ2v) is 7.00. The molecule has 1 aromatic heterocycles. The summed E-state index contributed by atoms with van der Waals surface area (Å²) in [4.78, 5) is 0. The maximum Gasteiger partial charge on any atom is 0.216 e. The van der Waals surface area contributed by atoms with E-state index in [4.69, 9.17) is 12.2 Å². The van der Waals surface area contributed by atoms with Gasteiger partial charge in [-0.05, 0) is 85.8 Å². The lowest BCUT2D eigenvalue weighted by Crippen LogP contribution is -2.52. The third-order valence-corrected chi connectivity index (χ3v) is 5.78. The first kappa shape index (κ1) is 11.1. The summed E-state index contributed by atoms with van der Waals surface area (Å²) in [6.45, 7) is 2.90. The highest BCUT2D eigenvalue weighted by Gasteiger charge is 2.53. The van der Waals surface area contributed by atoms with E-state index in [2.05, 4.69) is 22.0 Å². The molecule has 4 bridgehead atoms. The average Bonchev–Trinajstić information content (AvgIpc) is 2.69. The first-order valence-electron chi connectivity index (χ1n) is 7.23. The van der Waals surface area contributed by atoms with Gasteiger partial charge >= 0.3 is 0 Å². The minimum absolute atomic E-state index is 0.221. The number of tetrazole rings is 1. The summed E-state index contributed by atoms with van der Waals surface area (Å²) in [6, 6.07) is 0. The van der Waals surface area contributed by atoms with Crippen LogP contribution >= 0.6 is 12.2 Å². The molecule has 4 aliphatic carbocycles. The molecule has 18 heavy (non-hydrogen) atoms. The van der Waals surface area contributed by atoms with Gasteiger partial charge in [-0.15, -0.1) is 0 Å². The summed E-state index contributed by atoms with van der Waals surface area (Å²) < 4.78 is 4.80. The van der Waals surface area contributed by atoms with Crippen molar-refractivity contribution in [3.05, 3.63) is 4.77 Å². The third kappa shape index (κ3) is 1.40. The van der Waals surface area contributed by atoms with Crippen molar-refractivity contribution in [2.45, 2.75) is 57.5 Å². The lowest BCUT2D eigenvalue weighted by atomic mass is 9.53. The van der Waals surface area contributed by atoms with Crippen molar-refractivity contribution in [2.75, 3.05) is 0 Å². The van der Waals surface area contributed by atoms with Crippen molar-refractivity contribution in [3.63, 3.8) is 0 Å². The Kier molecular flexibility index (Phi) is 2.26. The van der Waals surface area contributed by atoms with Gasteiger partial charge in [0.1, 0.15) is 0 Å². The number of nitrogens with zero attached hydrogens (tertiary/aromatic N) is 4. The van der Waals surface area contributed by atoms with Gasteiger partial charge in [-0.1, -0.05) is 0 Å². The Morgan fingerprint density at radius 3 is 2.11 bits per heavy atom. The molecule has 1 heterocycles. The molecule has 5 rings (SSSR count). The molecule has 0 aromatic carbocycles. The van der Waals surface area contributed by atoms with E-state index in [0.29, 0.717) is 0 Å². The SMILES string of the molecule is CCn1nnn(C23CC4CC(CC(C4)C2)C3)c1=S. The van der Waals surface area contributed by atoms with Gasteiger partial charge in [0, 0.05) is 6.54 Å². The van der Waals surface area contributed by atoms with Crippen LogP contribution in [0.1, 0.15) is 45.4 Å². The van der Waals surface area contributed by atoms with Crippen LogP contribution < -0.4 is 0 Å². The van der Waals surface area contributed by atoms with Crippen LogP contribution in [0.5, 0.6) is 0 Å². The summed E-state index contributed by atoms with van der Waals surface area (Å²) in [6.07, 6.45) is 8.22. The van der Waals surface area contributed by atoms with Crippen molar-refractivity contribution < 1.29 is 0 Å². The van der Waals surface area contributed by atoms with Crippen LogP contribution in [0.3, 0.4) is 0 Å². The third-order valence-electron chi connectivity index (χ3n) is 5.39. The van der Waals surface area contributed by atoms with Crippen LogP contribution in [0, 0.1) is 22.5 Å². The molecular formula is C13H20N4S. The molecular weight excluding hydrogens is 244 g/mol. The summed E-state index contributed by atoms with van der Waals surface area (Å²) >= 11 is 5.56. The van der Waals surface area contributed by atoms with Gasteiger partial charge in [0.25, 0.3) is 0 Å². The normalized spacial score (nSPS) is 41.5. The minimum atomic E-state index is 0.221. The molecule has 4 saturated carbocycles. The fraction of sp³-hybridized carbons (Fsp3) is 0.923.